The molecule has 1 aromatic carbocycles. The highest BCUT2D eigenvalue weighted by molar-refractivity contribution is 7.88. The van der Waals surface area contributed by atoms with Crippen molar-refractivity contribution in [2.24, 2.45) is 0 Å². The van der Waals surface area contributed by atoms with Gasteiger partial charge in [-0.25, -0.2) is 0 Å². The van der Waals surface area contributed by atoms with Gasteiger partial charge in [0.2, 0.25) is 0 Å². The molecule has 1 aromatic rings. The zero-order valence-corrected chi connectivity index (χ0v) is 15.0. The summed E-state index contributed by atoms with van der Waals surface area (Å²) in [7, 11) is -5.68. The first-order chi connectivity index (χ1) is 11.7. The molecule has 0 spiro atoms. The Morgan fingerprint density at radius 1 is 1.24 bits per heavy atom. The van der Waals surface area contributed by atoms with Gasteiger partial charge in [0.15, 0.2) is 0 Å². The minimum atomic E-state index is -5.68. The van der Waals surface area contributed by atoms with E-state index in [0.29, 0.717) is 24.5 Å². The molecule has 0 aromatic heterocycles. The highest BCUT2D eigenvalue weighted by Crippen LogP contribution is 2.38. The second kappa shape index (κ2) is 7.82. The topological polar surface area (TPSA) is 55.8 Å². The summed E-state index contributed by atoms with van der Waals surface area (Å²) in [5, 5.41) is 0. The number of benzene rings is 1. The molecule has 5 nitrogen and oxygen atoms in total. The van der Waals surface area contributed by atoms with E-state index in [2.05, 4.69) is 22.9 Å². The van der Waals surface area contributed by atoms with Gasteiger partial charge in [0.1, 0.15) is 11.5 Å². The van der Waals surface area contributed by atoms with E-state index in [1.54, 1.807) is 0 Å². The molecule has 1 aliphatic rings. The molecular formula is C16H22F3NO4S. The van der Waals surface area contributed by atoms with Gasteiger partial charge in [-0.1, -0.05) is 13.8 Å². The molecule has 0 amide bonds. The van der Waals surface area contributed by atoms with Gasteiger partial charge in [0.05, 0.1) is 6.61 Å². The van der Waals surface area contributed by atoms with Crippen LogP contribution in [-0.4, -0.2) is 45.1 Å². The van der Waals surface area contributed by atoms with Gasteiger partial charge in [-0.05, 0) is 44.1 Å². The van der Waals surface area contributed by atoms with Crippen molar-refractivity contribution in [2.45, 2.75) is 38.1 Å². The zero-order chi connectivity index (χ0) is 18.7. The Bertz CT molecular complexity index is 685. The van der Waals surface area contributed by atoms with Crippen LogP contribution in [0.15, 0.2) is 18.2 Å². The van der Waals surface area contributed by atoms with E-state index in [9.17, 15) is 21.6 Å². The molecule has 1 heterocycles. The number of nitrogens with zero attached hydrogens (tertiary/aromatic N) is 1. The first-order valence-electron chi connectivity index (χ1n) is 8.17. The SMILES string of the molecule is CCCN(CCC)CC1COc2ccc(OS(=O)(=O)C(F)(F)F)cc21. The fourth-order valence-electron chi connectivity index (χ4n) is 2.87. The Hall–Kier alpha value is -1.48. The maximum atomic E-state index is 12.5. The Morgan fingerprint density at radius 3 is 2.44 bits per heavy atom. The number of alkyl halides is 3. The minimum absolute atomic E-state index is 0.0368. The first kappa shape index (κ1) is 19.8. The summed E-state index contributed by atoms with van der Waals surface area (Å²) < 4.78 is 69.5. The maximum absolute atomic E-state index is 12.5. The van der Waals surface area contributed by atoms with Crippen LogP contribution in [0.3, 0.4) is 0 Å². The van der Waals surface area contributed by atoms with Crippen molar-refractivity contribution >= 4 is 10.1 Å². The van der Waals surface area contributed by atoms with E-state index in [1.165, 1.54) is 18.2 Å². The van der Waals surface area contributed by atoms with Gasteiger partial charge < -0.3 is 13.8 Å². The molecule has 9 heteroatoms. The van der Waals surface area contributed by atoms with E-state index in [4.69, 9.17) is 4.74 Å². The van der Waals surface area contributed by atoms with E-state index in [-0.39, 0.29) is 11.7 Å². The molecule has 25 heavy (non-hydrogen) atoms. The van der Waals surface area contributed by atoms with Gasteiger partial charge >= 0.3 is 15.6 Å². The molecule has 0 fully saturated rings. The van der Waals surface area contributed by atoms with Crippen molar-refractivity contribution in [3.63, 3.8) is 0 Å². The molecule has 1 unspecified atom stereocenters. The fraction of sp³-hybridized carbons (Fsp3) is 0.625. The van der Waals surface area contributed by atoms with Gasteiger partial charge in [0, 0.05) is 18.0 Å². The van der Waals surface area contributed by atoms with Crippen LogP contribution < -0.4 is 8.92 Å². The second-order valence-corrected chi connectivity index (χ2v) is 7.53. The van der Waals surface area contributed by atoms with Crippen LogP contribution in [0.2, 0.25) is 0 Å². The van der Waals surface area contributed by atoms with Crippen LogP contribution in [0.25, 0.3) is 0 Å². The van der Waals surface area contributed by atoms with Crippen LogP contribution in [-0.2, 0) is 10.1 Å². The van der Waals surface area contributed by atoms with Gasteiger partial charge in [0.25, 0.3) is 0 Å². The van der Waals surface area contributed by atoms with E-state index < -0.39 is 15.6 Å². The van der Waals surface area contributed by atoms with E-state index in [0.717, 1.165) is 25.9 Å². The van der Waals surface area contributed by atoms with E-state index in [1.807, 2.05) is 0 Å². The van der Waals surface area contributed by atoms with Crippen molar-refractivity contribution in [3.8, 4) is 11.5 Å². The van der Waals surface area contributed by atoms with Crippen molar-refractivity contribution in [1.29, 1.82) is 0 Å². The molecular weight excluding hydrogens is 359 g/mol. The summed E-state index contributed by atoms with van der Waals surface area (Å²) in [6.45, 7) is 7.10. The molecule has 0 aliphatic carbocycles. The standard InChI is InChI=1S/C16H22F3NO4S/c1-3-7-20(8-4-2)10-12-11-23-15-6-5-13(9-14(12)15)24-25(21,22)16(17,18)19/h5-6,9,12H,3-4,7-8,10-11H2,1-2H3. The number of hydrogen-bond donors (Lipinski definition) is 0. The largest absolute Gasteiger partial charge is 0.534 e. The third-order valence-electron chi connectivity index (χ3n) is 3.91. The molecule has 1 atom stereocenters. The quantitative estimate of drug-likeness (QED) is 0.509. The van der Waals surface area contributed by atoms with Gasteiger partial charge in [-0.2, -0.15) is 21.6 Å². The Morgan fingerprint density at radius 2 is 1.88 bits per heavy atom. The summed E-state index contributed by atoms with van der Waals surface area (Å²) in [5.74, 6) is 0.157. The van der Waals surface area contributed by atoms with Crippen LogP contribution in [0.1, 0.15) is 38.2 Å². The lowest BCUT2D eigenvalue weighted by molar-refractivity contribution is -0.0500. The fourth-order valence-corrected chi connectivity index (χ4v) is 3.32. The summed E-state index contributed by atoms with van der Waals surface area (Å²) in [4.78, 5) is 2.27. The highest BCUT2D eigenvalue weighted by atomic mass is 32.2. The molecule has 0 saturated carbocycles. The smallest absolute Gasteiger partial charge is 0.493 e. The van der Waals surface area contributed by atoms with Crippen LogP contribution in [0.4, 0.5) is 13.2 Å². The summed E-state index contributed by atoms with van der Waals surface area (Å²) in [6, 6.07) is 3.94. The number of rotatable bonds is 8. The molecule has 142 valence electrons. The average Bonchev–Trinajstić information content (AvgIpc) is 2.89. The maximum Gasteiger partial charge on any atom is 0.534 e. The number of ether oxygens (including phenoxy) is 1. The van der Waals surface area contributed by atoms with Crippen molar-refractivity contribution in [3.05, 3.63) is 23.8 Å². The predicted octanol–water partition coefficient (Wildman–Crippen LogP) is 3.51. The number of halogens is 3. The zero-order valence-electron chi connectivity index (χ0n) is 14.2. The normalized spacial score (nSPS) is 17.4. The lowest BCUT2D eigenvalue weighted by Crippen LogP contribution is -2.31. The average molecular weight is 381 g/mol. The number of fused-ring (bicyclic) bond motifs is 1. The monoisotopic (exact) mass is 381 g/mol. The van der Waals surface area contributed by atoms with Gasteiger partial charge in [-0.15, -0.1) is 0 Å². The number of hydrogen-bond acceptors (Lipinski definition) is 5. The lowest BCUT2D eigenvalue weighted by Gasteiger charge is -2.24. The molecule has 2 rings (SSSR count). The Labute approximate surface area is 145 Å². The van der Waals surface area contributed by atoms with Crippen molar-refractivity contribution < 1.29 is 30.5 Å². The summed E-state index contributed by atoms with van der Waals surface area (Å²) in [5.41, 5.74) is -4.78. The van der Waals surface area contributed by atoms with E-state index >= 15 is 0 Å². The third kappa shape index (κ3) is 4.78. The lowest BCUT2D eigenvalue weighted by atomic mass is 10.00. The van der Waals surface area contributed by atoms with Crippen molar-refractivity contribution in [1.82, 2.24) is 4.90 Å². The third-order valence-corrected chi connectivity index (χ3v) is 4.89. The molecule has 0 radical (unpaired) electrons. The summed E-state index contributed by atoms with van der Waals surface area (Å²) >= 11 is 0. The van der Waals surface area contributed by atoms with Crippen LogP contribution >= 0.6 is 0 Å². The predicted molar refractivity (Wildman–Crippen MR) is 87.3 cm³/mol. The Kier molecular flexibility index (Phi) is 6.21. The van der Waals surface area contributed by atoms with Crippen LogP contribution in [0, 0.1) is 0 Å². The minimum Gasteiger partial charge on any atom is -0.493 e. The van der Waals surface area contributed by atoms with Gasteiger partial charge in [-0.3, -0.25) is 0 Å². The van der Waals surface area contributed by atoms with Crippen molar-refractivity contribution in [2.75, 3.05) is 26.2 Å². The molecule has 0 bridgehead atoms. The molecule has 0 N–H and O–H groups in total. The summed E-state index contributed by atoms with van der Waals surface area (Å²) in [6.07, 6.45) is 1.99. The molecule has 0 saturated heterocycles. The second-order valence-electron chi connectivity index (χ2n) is 5.99. The first-order valence-corrected chi connectivity index (χ1v) is 9.58. The van der Waals surface area contributed by atoms with Crippen LogP contribution in [0.5, 0.6) is 11.5 Å². The Balaban J connectivity index is 2.18. The highest BCUT2D eigenvalue weighted by Gasteiger charge is 2.48. The molecule has 1 aliphatic heterocycles.